The van der Waals surface area contributed by atoms with Gasteiger partial charge in [-0.1, -0.05) is 41.9 Å². The van der Waals surface area contributed by atoms with E-state index in [0.29, 0.717) is 16.2 Å². The van der Waals surface area contributed by atoms with Crippen molar-refractivity contribution < 1.29 is 4.42 Å². The van der Waals surface area contributed by atoms with E-state index in [1.807, 2.05) is 43.3 Å². The maximum atomic E-state index is 12.1. The molecule has 0 aliphatic rings. The van der Waals surface area contributed by atoms with Crippen LogP contribution in [0.2, 0.25) is 5.02 Å². The van der Waals surface area contributed by atoms with E-state index in [9.17, 15) is 4.79 Å². The van der Waals surface area contributed by atoms with Crippen molar-refractivity contribution >= 4 is 22.6 Å². The predicted molar refractivity (Wildman–Crippen MR) is 77.7 cm³/mol. The quantitative estimate of drug-likeness (QED) is 0.613. The summed E-state index contributed by atoms with van der Waals surface area (Å²) in [5, 5.41) is 1.49. The number of fused-ring (bicyclic) bond motifs is 1. The van der Waals surface area contributed by atoms with Crippen molar-refractivity contribution in [2.45, 2.75) is 6.92 Å². The fourth-order valence-electron chi connectivity index (χ4n) is 2.26. The van der Waals surface area contributed by atoms with E-state index >= 15 is 0 Å². The predicted octanol–water partition coefficient (Wildman–Crippen LogP) is 4.42. The van der Waals surface area contributed by atoms with Crippen molar-refractivity contribution in [3.63, 3.8) is 0 Å². The zero-order chi connectivity index (χ0) is 13.4. The standard InChI is InChI=1S/C16H11ClO2/c1-10-13-9-12(17)7-8-14(13)19-16(18)15(10)11-5-3-2-4-6-11/h2-9H,1H3. The summed E-state index contributed by atoms with van der Waals surface area (Å²) in [6.07, 6.45) is 0. The van der Waals surface area contributed by atoms with Crippen LogP contribution in [0.3, 0.4) is 0 Å². The Bertz CT molecular complexity index is 804. The highest BCUT2D eigenvalue weighted by molar-refractivity contribution is 6.31. The summed E-state index contributed by atoms with van der Waals surface area (Å²) >= 11 is 6.01. The molecular weight excluding hydrogens is 260 g/mol. The first kappa shape index (κ1) is 12.0. The Hall–Kier alpha value is -2.06. The van der Waals surface area contributed by atoms with Crippen LogP contribution in [0.4, 0.5) is 0 Å². The lowest BCUT2D eigenvalue weighted by Gasteiger charge is -2.08. The molecule has 0 aliphatic heterocycles. The molecule has 0 saturated heterocycles. The Morgan fingerprint density at radius 3 is 2.53 bits per heavy atom. The lowest BCUT2D eigenvalue weighted by molar-refractivity contribution is 0.562. The summed E-state index contributed by atoms with van der Waals surface area (Å²) in [6, 6.07) is 14.8. The van der Waals surface area contributed by atoms with Crippen molar-refractivity contribution in [3.8, 4) is 11.1 Å². The zero-order valence-corrected chi connectivity index (χ0v) is 11.1. The fourth-order valence-corrected chi connectivity index (χ4v) is 2.43. The van der Waals surface area contributed by atoms with Crippen molar-refractivity contribution in [2.24, 2.45) is 0 Å². The molecule has 94 valence electrons. The van der Waals surface area contributed by atoms with Gasteiger partial charge in [-0.3, -0.25) is 0 Å². The van der Waals surface area contributed by atoms with Crippen LogP contribution in [-0.4, -0.2) is 0 Å². The van der Waals surface area contributed by atoms with Crippen molar-refractivity contribution in [2.75, 3.05) is 0 Å². The molecule has 19 heavy (non-hydrogen) atoms. The first-order valence-corrected chi connectivity index (χ1v) is 6.33. The molecule has 3 aromatic rings. The Morgan fingerprint density at radius 1 is 1.05 bits per heavy atom. The molecule has 0 bridgehead atoms. The lowest BCUT2D eigenvalue weighted by Crippen LogP contribution is -2.05. The SMILES string of the molecule is Cc1c(-c2ccccc2)c(=O)oc2ccc(Cl)cc12. The number of hydrogen-bond donors (Lipinski definition) is 0. The van der Waals surface area contributed by atoms with Gasteiger partial charge in [0.25, 0.3) is 0 Å². The molecule has 0 radical (unpaired) electrons. The van der Waals surface area contributed by atoms with Crippen LogP contribution < -0.4 is 5.63 Å². The minimum atomic E-state index is -0.321. The van der Waals surface area contributed by atoms with E-state index in [0.717, 1.165) is 16.5 Å². The summed E-state index contributed by atoms with van der Waals surface area (Å²) in [5.74, 6) is 0. The Labute approximate surface area is 115 Å². The van der Waals surface area contributed by atoms with Gasteiger partial charge in [-0.05, 0) is 36.2 Å². The van der Waals surface area contributed by atoms with Gasteiger partial charge in [-0.2, -0.15) is 0 Å². The highest BCUT2D eigenvalue weighted by Gasteiger charge is 2.13. The van der Waals surface area contributed by atoms with Crippen LogP contribution >= 0.6 is 11.6 Å². The molecule has 3 rings (SSSR count). The third kappa shape index (κ3) is 2.04. The van der Waals surface area contributed by atoms with Crippen molar-refractivity contribution in [1.82, 2.24) is 0 Å². The first-order valence-electron chi connectivity index (χ1n) is 5.95. The second kappa shape index (κ2) is 4.56. The second-order valence-corrected chi connectivity index (χ2v) is 4.83. The summed E-state index contributed by atoms with van der Waals surface area (Å²) in [6.45, 7) is 1.91. The molecule has 2 aromatic carbocycles. The van der Waals surface area contributed by atoms with Crippen LogP contribution in [0.5, 0.6) is 0 Å². The highest BCUT2D eigenvalue weighted by Crippen LogP contribution is 2.28. The smallest absolute Gasteiger partial charge is 0.344 e. The summed E-state index contributed by atoms with van der Waals surface area (Å²) in [4.78, 5) is 12.1. The molecule has 0 fully saturated rings. The van der Waals surface area contributed by atoms with Gasteiger partial charge in [0.2, 0.25) is 0 Å². The molecular formula is C16H11ClO2. The average Bonchev–Trinajstić information content (AvgIpc) is 2.41. The minimum absolute atomic E-state index is 0.321. The number of aryl methyl sites for hydroxylation is 1. The van der Waals surface area contributed by atoms with E-state index < -0.39 is 0 Å². The van der Waals surface area contributed by atoms with E-state index in [2.05, 4.69) is 0 Å². The van der Waals surface area contributed by atoms with Gasteiger partial charge in [0, 0.05) is 10.4 Å². The molecule has 0 saturated carbocycles. The van der Waals surface area contributed by atoms with Crippen LogP contribution in [0.15, 0.2) is 57.7 Å². The van der Waals surface area contributed by atoms with Gasteiger partial charge in [0.1, 0.15) is 5.58 Å². The monoisotopic (exact) mass is 270 g/mol. The van der Waals surface area contributed by atoms with Gasteiger partial charge >= 0.3 is 5.63 Å². The van der Waals surface area contributed by atoms with Crippen molar-refractivity contribution in [1.29, 1.82) is 0 Å². The lowest BCUT2D eigenvalue weighted by atomic mass is 10.00. The number of hydrogen-bond acceptors (Lipinski definition) is 2. The van der Waals surface area contributed by atoms with E-state index in [4.69, 9.17) is 16.0 Å². The van der Waals surface area contributed by atoms with Crippen LogP contribution in [0.25, 0.3) is 22.1 Å². The number of halogens is 1. The largest absolute Gasteiger partial charge is 0.422 e. The zero-order valence-electron chi connectivity index (χ0n) is 10.3. The van der Waals surface area contributed by atoms with Crippen molar-refractivity contribution in [3.05, 3.63) is 69.5 Å². The molecule has 3 heteroatoms. The molecule has 1 heterocycles. The molecule has 0 amide bonds. The fraction of sp³-hybridized carbons (Fsp3) is 0.0625. The molecule has 0 aliphatic carbocycles. The van der Waals surface area contributed by atoms with Crippen LogP contribution in [-0.2, 0) is 0 Å². The summed E-state index contributed by atoms with van der Waals surface area (Å²) in [7, 11) is 0. The van der Waals surface area contributed by atoms with E-state index in [1.54, 1.807) is 12.1 Å². The third-order valence-corrected chi connectivity index (χ3v) is 3.42. The Morgan fingerprint density at radius 2 is 1.79 bits per heavy atom. The second-order valence-electron chi connectivity index (χ2n) is 4.40. The van der Waals surface area contributed by atoms with Gasteiger partial charge < -0.3 is 4.42 Å². The molecule has 0 N–H and O–H groups in total. The Kier molecular flexibility index (Phi) is 2.88. The summed E-state index contributed by atoms with van der Waals surface area (Å²) in [5.41, 5.74) is 2.58. The molecule has 0 atom stereocenters. The third-order valence-electron chi connectivity index (χ3n) is 3.19. The van der Waals surface area contributed by atoms with E-state index in [1.165, 1.54) is 0 Å². The molecule has 0 spiro atoms. The molecule has 0 unspecified atom stereocenters. The van der Waals surface area contributed by atoms with Gasteiger partial charge in [-0.25, -0.2) is 4.79 Å². The van der Waals surface area contributed by atoms with Crippen LogP contribution in [0, 0.1) is 6.92 Å². The topological polar surface area (TPSA) is 30.2 Å². The van der Waals surface area contributed by atoms with E-state index in [-0.39, 0.29) is 5.63 Å². The molecule has 1 aromatic heterocycles. The maximum Gasteiger partial charge on any atom is 0.344 e. The maximum absolute atomic E-state index is 12.1. The van der Waals surface area contributed by atoms with Crippen LogP contribution in [0.1, 0.15) is 5.56 Å². The highest BCUT2D eigenvalue weighted by atomic mass is 35.5. The number of benzene rings is 2. The first-order chi connectivity index (χ1) is 9.16. The minimum Gasteiger partial charge on any atom is -0.422 e. The Balaban J connectivity index is 2.40. The average molecular weight is 271 g/mol. The summed E-state index contributed by atoms with van der Waals surface area (Å²) < 4.78 is 5.37. The van der Waals surface area contributed by atoms with Gasteiger partial charge in [0.15, 0.2) is 0 Å². The normalized spacial score (nSPS) is 10.8. The molecule has 2 nitrogen and oxygen atoms in total. The number of rotatable bonds is 1. The van der Waals surface area contributed by atoms with Gasteiger partial charge in [0.05, 0.1) is 5.56 Å². The van der Waals surface area contributed by atoms with Gasteiger partial charge in [-0.15, -0.1) is 0 Å².